The van der Waals surface area contributed by atoms with Crippen LogP contribution >= 0.6 is 34.0 Å². The summed E-state index contributed by atoms with van der Waals surface area (Å²) < 4.78 is 5.27. The Morgan fingerprint density at radius 2 is 1.73 bits per heavy atom. The van der Waals surface area contributed by atoms with Gasteiger partial charge in [-0.2, -0.15) is 0 Å². The third-order valence-corrected chi connectivity index (χ3v) is 9.53. The van der Waals surface area contributed by atoms with E-state index < -0.39 is 0 Å². The van der Waals surface area contributed by atoms with Gasteiger partial charge in [0.1, 0.15) is 6.33 Å². The molecule has 2 nitrogen and oxygen atoms in total. The molecule has 0 atom stereocenters. The number of thiophene rings is 3. The van der Waals surface area contributed by atoms with Crippen LogP contribution < -0.4 is 0 Å². The lowest BCUT2D eigenvalue weighted by Gasteiger charge is -2.21. The highest BCUT2D eigenvalue weighted by Crippen LogP contribution is 2.44. The van der Waals surface area contributed by atoms with Crippen molar-refractivity contribution in [2.75, 3.05) is 0 Å². The second-order valence-corrected chi connectivity index (χ2v) is 13.4. The highest BCUT2D eigenvalue weighted by molar-refractivity contribution is 7.28. The summed E-state index contributed by atoms with van der Waals surface area (Å²) in [5.74, 6) is 0.664. The normalized spacial score (nSPS) is 12.8. The van der Waals surface area contributed by atoms with Crippen molar-refractivity contribution in [3.63, 3.8) is 0 Å². The highest BCUT2D eigenvalue weighted by atomic mass is 32.1. The molecule has 4 aromatic heterocycles. The molecule has 2 aromatic carbocycles. The predicted octanol–water partition coefficient (Wildman–Crippen LogP) is 9.44. The summed E-state index contributed by atoms with van der Waals surface area (Å²) in [6, 6.07) is 13.8. The average Bonchev–Trinajstić information content (AvgIpc) is 3.47. The molecular formula is C28H26N2S3. The molecule has 0 amide bonds. The van der Waals surface area contributed by atoms with E-state index in [0.717, 1.165) is 17.6 Å². The molecule has 0 bridgehead atoms. The van der Waals surface area contributed by atoms with E-state index in [1.807, 2.05) is 34.0 Å². The van der Waals surface area contributed by atoms with Crippen LogP contribution in [-0.2, 0) is 11.8 Å². The molecule has 0 radical (unpaired) electrons. The van der Waals surface area contributed by atoms with E-state index >= 15 is 0 Å². The zero-order chi connectivity index (χ0) is 22.9. The number of nitrogens with zero attached hydrogens (tertiary/aromatic N) is 2. The van der Waals surface area contributed by atoms with Gasteiger partial charge in [-0.05, 0) is 70.5 Å². The molecule has 4 heterocycles. The Hall–Kier alpha value is -2.34. The lowest BCUT2D eigenvalue weighted by atomic mass is 9.85. The topological polar surface area (TPSA) is 25.8 Å². The molecular weight excluding hydrogens is 461 g/mol. The first-order valence-corrected chi connectivity index (χ1v) is 13.9. The van der Waals surface area contributed by atoms with Crippen molar-refractivity contribution < 1.29 is 0 Å². The fourth-order valence-electron chi connectivity index (χ4n) is 4.68. The quantitative estimate of drug-likeness (QED) is 0.249. The molecule has 0 fully saturated rings. The number of aromatic nitrogens is 2. The molecule has 0 saturated carbocycles. The Bertz CT molecular complexity index is 1660. The van der Waals surface area contributed by atoms with Crippen LogP contribution in [0.3, 0.4) is 0 Å². The van der Waals surface area contributed by atoms with Gasteiger partial charge in [-0.3, -0.25) is 0 Å². The SMILES string of the molecule is CC(C)Cc1cc2c(ccc3c4ncnc(-c5cc(C(C)(C)C)c6sccc6c5)c4sc23)s1. The summed E-state index contributed by atoms with van der Waals surface area (Å²) in [6.45, 7) is 11.5. The molecule has 6 rings (SSSR count). The number of hydrogen-bond donors (Lipinski definition) is 0. The van der Waals surface area contributed by atoms with Gasteiger partial charge in [-0.1, -0.05) is 34.6 Å². The molecule has 0 aliphatic heterocycles. The van der Waals surface area contributed by atoms with Crippen molar-refractivity contribution >= 4 is 74.5 Å². The Morgan fingerprint density at radius 3 is 2.52 bits per heavy atom. The minimum atomic E-state index is 0.0705. The van der Waals surface area contributed by atoms with Crippen molar-refractivity contribution in [3.8, 4) is 11.3 Å². The third-order valence-electron chi connectivity index (χ3n) is 6.21. The Labute approximate surface area is 205 Å². The summed E-state index contributed by atoms with van der Waals surface area (Å²) in [4.78, 5) is 11.0. The largest absolute Gasteiger partial charge is 0.235 e. The Morgan fingerprint density at radius 1 is 0.879 bits per heavy atom. The monoisotopic (exact) mass is 486 g/mol. The lowest BCUT2D eigenvalue weighted by molar-refractivity contribution is 0.597. The van der Waals surface area contributed by atoms with Crippen LogP contribution in [0.1, 0.15) is 45.1 Å². The second kappa shape index (κ2) is 7.59. The van der Waals surface area contributed by atoms with Gasteiger partial charge in [-0.25, -0.2) is 9.97 Å². The summed E-state index contributed by atoms with van der Waals surface area (Å²) in [5.41, 5.74) is 4.76. The van der Waals surface area contributed by atoms with Gasteiger partial charge in [0.2, 0.25) is 0 Å². The maximum Gasteiger partial charge on any atom is 0.116 e. The minimum absolute atomic E-state index is 0.0705. The van der Waals surface area contributed by atoms with Gasteiger partial charge in [0.15, 0.2) is 0 Å². The van der Waals surface area contributed by atoms with Crippen molar-refractivity contribution in [1.29, 1.82) is 0 Å². The molecule has 0 aliphatic rings. The van der Waals surface area contributed by atoms with Crippen molar-refractivity contribution in [3.05, 3.63) is 58.5 Å². The lowest BCUT2D eigenvalue weighted by Crippen LogP contribution is -2.11. The van der Waals surface area contributed by atoms with E-state index in [2.05, 4.69) is 76.4 Å². The summed E-state index contributed by atoms with van der Waals surface area (Å²) in [6.07, 6.45) is 2.87. The standard InChI is InChI=1S/C28H26N2S3/c1-15(2)10-18-13-20-22(32-18)7-6-19-24-27(33-26(19)20)23(29-14-30-24)17-11-16-8-9-31-25(16)21(12-17)28(3,4)5/h6-9,11-15H,10H2,1-5H3. The molecule has 0 aliphatic carbocycles. The first-order valence-electron chi connectivity index (χ1n) is 11.4. The van der Waals surface area contributed by atoms with Crippen LogP contribution in [0, 0.1) is 5.92 Å². The fourth-order valence-corrected chi connectivity index (χ4v) is 8.42. The van der Waals surface area contributed by atoms with Crippen molar-refractivity contribution in [2.24, 2.45) is 5.92 Å². The van der Waals surface area contributed by atoms with Crippen molar-refractivity contribution in [2.45, 2.75) is 46.5 Å². The summed E-state index contributed by atoms with van der Waals surface area (Å²) in [7, 11) is 0. The van der Waals surface area contributed by atoms with Gasteiger partial charge in [0, 0.05) is 35.3 Å². The van der Waals surface area contributed by atoms with Gasteiger partial charge in [0.05, 0.1) is 15.9 Å². The van der Waals surface area contributed by atoms with E-state index in [1.165, 1.54) is 51.0 Å². The fraction of sp³-hybridized carbons (Fsp3) is 0.286. The maximum absolute atomic E-state index is 4.82. The van der Waals surface area contributed by atoms with Crippen LogP contribution in [0.2, 0.25) is 0 Å². The molecule has 0 N–H and O–H groups in total. The zero-order valence-electron chi connectivity index (χ0n) is 19.5. The summed E-state index contributed by atoms with van der Waals surface area (Å²) >= 11 is 5.61. The number of rotatable bonds is 3. The third kappa shape index (κ3) is 3.49. The summed E-state index contributed by atoms with van der Waals surface area (Å²) in [5, 5.41) is 6.10. The van der Waals surface area contributed by atoms with Crippen LogP contribution in [0.15, 0.2) is 48.1 Å². The first-order chi connectivity index (χ1) is 15.8. The smallest absolute Gasteiger partial charge is 0.116 e. The van der Waals surface area contributed by atoms with Gasteiger partial charge < -0.3 is 0 Å². The number of fused-ring (bicyclic) bond motifs is 6. The molecule has 5 heteroatoms. The predicted molar refractivity (Wildman–Crippen MR) is 148 cm³/mol. The van der Waals surface area contributed by atoms with Crippen molar-refractivity contribution in [1.82, 2.24) is 9.97 Å². The number of hydrogen-bond acceptors (Lipinski definition) is 5. The van der Waals surface area contributed by atoms with Crippen LogP contribution in [-0.4, -0.2) is 9.97 Å². The molecule has 0 saturated heterocycles. The average molecular weight is 487 g/mol. The Kier molecular flexibility index (Phi) is 4.88. The molecule has 6 aromatic rings. The first kappa shape index (κ1) is 21.2. The van der Waals surface area contributed by atoms with Gasteiger partial charge in [-0.15, -0.1) is 34.0 Å². The highest BCUT2D eigenvalue weighted by Gasteiger charge is 2.21. The van der Waals surface area contributed by atoms with Crippen LogP contribution in [0.25, 0.3) is 51.7 Å². The second-order valence-electron chi connectivity index (χ2n) is 10.3. The maximum atomic E-state index is 4.82. The van der Waals surface area contributed by atoms with E-state index in [9.17, 15) is 0 Å². The molecule has 33 heavy (non-hydrogen) atoms. The Balaban J connectivity index is 1.62. The van der Waals surface area contributed by atoms with Gasteiger partial charge in [0.25, 0.3) is 0 Å². The van der Waals surface area contributed by atoms with E-state index in [1.54, 1.807) is 6.33 Å². The molecule has 166 valence electrons. The molecule has 0 spiro atoms. The van der Waals surface area contributed by atoms with E-state index in [4.69, 9.17) is 9.97 Å². The number of benzene rings is 2. The van der Waals surface area contributed by atoms with E-state index in [0.29, 0.717) is 5.92 Å². The van der Waals surface area contributed by atoms with Gasteiger partial charge >= 0.3 is 0 Å². The molecule has 0 unspecified atom stereocenters. The van der Waals surface area contributed by atoms with Crippen LogP contribution in [0.5, 0.6) is 0 Å². The van der Waals surface area contributed by atoms with E-state index in [-0.39, 0.29) is 5.41 Å². The zero-order valence-corrected chi connectivity index (χ0v) is 22.0. The minimum Gasteiger partial charge on any atom is -0.235 e. The van der Waals surface area contributed by atoms with Crippen LogP contribution in [0.4, 0.5) is 0 Å².